The molecule has 1 aliphatic heterocycles. The molecule has 2 aromatic carbocycles. The van der Waals surface area contributed by atoms with E-state index in [0.717, 1.165) is 10.4 Å². The molecule has 0 aromatic heterocycles. The lowest BCUT2D eigenvalue weighted by molar-refractivity contribution is -0.123. The molecule has 142 valence electrons. The molecule has 2 aromatic rings. The lowest BCUT2D eigenvalue weighted by Gasteiger charge is -2.25. The monoisotopic (exact) mass is 391 g/mol. The lowest BCUT2D eigenvalue weighted by atomic mass is 9.89. The van der Waals surface area contributed by atoms with Crippen LogP contribution in [0.2, 0.25) is 0 Å². The second-order valence-corrected chi connectivity index (χ2v) is 8.49. The van der Waals surface area contributed by atoms with Crippen LogP contribution in [0.15, 0.2) is 47.4 Å². The molecule has 7 nitrogen and oxygen atoms in total. The Kier molecular flexibility index (Phi) is 4.99. The molecule has 0 unspecified atom stereocenters. The SMILES string of the molecule is CN(C)S(=O)(=O)c1cccc(NC(=O)[C@H]2CC(=O)Nc3cc(F)ccc32)c1. The molecule has 1 aliphatic rings. The van der Waals surface area contributed by atoms with E-state index in [0.29, 0.717) is 5.56 Å². The first-order valence-electron chi connectivity index (χ1n) is 8.11. The number of hydrogen-bond donors (Lipinski definition) is 2. The number of nitrogens with one attached hydrogen (secondary N) is 2. The summed E-state index contributed by atoms with van der Waals surface area (Å²) in [6.07, 6.45) is -0.0832. The third-order valence-corrected chi connectivity index (χ3v) is 6.06. The Morgan fingerprint density at radius 2 is 1.96 bits per heavy atom. The Labute approximate surface area is 156 Å². The van der Waals surface area contributed by atoms with E-state index in [1.165, 1.54) is 44.4 Å². The minimum absolute atomic E-state index is 0.0363. The van der Waals surface area contributed by atoms with E-state index < -0.39 is 33.6 Å². The Bertz CT molecular complexity index is 1020. The molecule has 0 radical (unpaired) electrons. The van der Waals surface area contributed by atoms with Gasteiger partial charge in [0.1, 0.15) is 5.82 Å². The van der Waals surface area contributed by atoms with Crippen LogP contribution in [0.4, 0.5) is 15.8 Å². The highest BCUT2D eigenvalue weighted by molar-refractivity contribution is 7.89. The van der Waals surface area contributed by atoms with Gasteiger partial charge in [0.25, 0.3) is 0 Å². The van der Waals surface area contributed by atoms with Crippen molar-refractivity contribution in [2.24, 2.45) is 0 Å². The number of hydrogen-bond acceptors (Lipinski definition) is 4. The van der Waals surface area contributed by atoms with Crippen molar-refractivity contribution in [2.45, 2.75) is 17.2 Å². The third kappa shape index (κ3) is 3.83. The number of anilines is 2. The van der Waals surface area contributed by atoms with Crippen molar-refractivity contribution in [3.05, 3.63) is 53.8 Å². The van der Waals surface area contributed by atoms with Crippen molar-refractivity contribution in [1.82, 2.24) is 4.31 Å². The molecule has 0 fully saturated rings. The maximum absolute atomic E-state index is 13.4. The van der Waals surface area contributed by atoms with E-state index in [-0.39, 0.29) is 22.7 Å². The molecule has 0 saturated carbocycles. The van der Waals surface area contributed by atoms with Gasteiger partial charge in [-0.1, -0.05) is 12.1 Å². The fourth-order valence-corrected chi connectivity index (χ4v) is 3.79. The largest absolute Gasteiger partial charge is 0.326 e. The minimum Gasteiger partial charge on any atom is -0.326 e. The fraction of sp³-hybridized carbons (Fsp3) is 0.222. The van der Waals surface area contributed by atoms with Crippen molar-refractivity contribution < 1.29 is 22.4 Å². The van der Waals surface area contributed by atoms with Crippen molar-refractivity contribution in [2.75, 3.05) is 24.7 Å². The van der Waals surface area contributed by atoms with E-state index in [1.54, 1.807) is 6.07 Å². The highest BCUT2D eigenvalue weighted by Crippen LogP contribution is 2.33. The van der Waals surface area contributed by atoms with Gasteiger partial charge < -0.3 is 10.6 Å². The van der Waals surface area contributed by atoms with Crippen LogP contribution >= 0.6 is 0 Å². The number of rotatable bonds is 4. The quantitative estimate of drug-likeness (QED) is 0.835. The molecule has 0 aliphatic carbocycles. The number of carbonyl (C=O) groups excluding carboxylic acids is 2. The molecular formula is C18H18FN3O4S. The van der Waals surface area contributed by atoms with Crippen LogP contribution in [0, 0.1) is 5.82 Å². The van der Waals surface area contributed by atoms with Gasteiger partial charge in [-0.25, -0.2) is 17.1 Å². The molecule has 0 saturated heterocycles. The van der Waals surface area contributed by atoms with Crippen molar-refractivity contribution in [3.63, 3.8) is 0 Å². The van der Waals surface area contributed by atoms with Crippen molar-refractivity contribution >= 4 is 33.2 Å². The van der Waals surface area contributed by atoms with Crippen LogP contribution in [0.1, 0.15) is 17.9 Å². The van der Waals surface area contributed by atoms with Gasteiger partial charge in [0, 0.05) is 31.9 Å². The zero-order valence-electron chi connectivity index (χ0n) is 14.7. The highest BCUT2D eigenvalue weighted by atomic mass is 32.2. The molecule has 0 spiro atoms. The number of halogens is 1. The zero-order chi connectivity index (χ0) is 19.8. The summed E-state index contributed by atoms with van der Waals surface area (Å²) in [5.74, 6) is -2.19. The second kappa shape index (κ2) is 7.09. The summed E-state index contributed by atoms with van der Waals surface area (Å²) < 4.78 is 38.9. The number of amides is 2. The summed E-state index contributed by atoms with van der Waals surface area (Å²) in [6.45, 7) is 0. The summed E-state index contributed by atoms with van der Waals surface area (Å²) in [6, 6.07) is 9.70. The van der Waals surface area contributed by atoms with Crippen LogP contribution in [-0.2, 0) is 19.6 Å². The van der Waals surface area contributed by atoms with E-state index in [9.17, 15) is 22.4 Å². The number of sulfonamides is 1. The molecule has 27 heavy (non-hydrogen) atoms. The first kappa shape index (κ1) is 19.0. The molecule has 3 rings (SSSR count). The van der Waals surface area contributed by atoms with Crippen LogP contribution < -0.4 is 10.6 Å². The molecule has 0 bridgehead atoms. The first-order valence-corrected chi connectivity index (χ1v) is 9.55. The van der Waals surface area contributed by atoms with Gasteiger partial charge >= 0.3 is 0 Å². The number of benzene rings is 2. The Balaban J connectivity index is 1.88. The lowest BCUT2D eigenvalue weighted by Crippen LogP contribution is -2.31. The van der Waals surface area contributed by atoms with E-state index in [2.05, 4.69) is 10.6 Å². The van der Waals surface area contributed by atoms with Crippen molar-refractivity contribution in [1.29, 1.82) is 0 Å². The molecule has 1 heterocycles. The van der Waals surface area contributed by atoms with Gasteiger partial charge in [0.2, 0.25) is 21.8 Å². The number of fused-ring (bicyclic) bond motifs is 1. The van der Waals surface area contributed by atoms with Crippen LogP contribution in [0.5, 0.6) is 0 Å². The van der Waals surface area contributed by atoms with Gasteiger partial charge in [0.05, 0.1) is 10.8 Å². The van der Waals surface area contributed by atoms with Gasteiger partial charge in [0.15, 0.2) is 0 Å². The Morgan fingerprint density at radius 3 is 2.67 bits per heavy atom. The predicted octanol–water partition coefficient (Wildman–Crippen LogP) is 2.14. The molecule has 1 atom stereocenters. The van der Waals surface area contributed by atoms with Crippen LogP contribution in [0.25, 0.3) is 0 Å². The van der Waals surface area contributed by atoms with Gasteiger partial charge in [-0.05, 0) is 35.9 Å². The molecule has 2 N–H and O–H groups in total. The van der Waals surface area contributed by atoms with Gasteiger partial charge in [-0.15, -0.1) is 0 Å². The summed E-state index contributed by atoms with van der Waals surface area (Å²) in [7, 11) is -0.818. The maximum atomic E-state index is 13.4. The minimum atomic E-state index is -3.65. The summed E-state index contributed by atoms with van der Waals surface area (Å²) in [5.41, 5.74) is 1.05. The second-order valence-electron chi connectivity index (χ2n) is 6.34. The third-order valence-electron chi connectivity index (χ3n) is 4.25. The molecule has 9 heteroatoms. The standard InChI is InChI=1S/C18H18FN3O4S/c1-22(2)27(25,26)13-5-3-4-12(9-13)20-18(24)15-10-17(23)21-16-8-11(19)6-7-14(15)16/h3-9,15H,10H2,1-2H3,(H,20,24)(H,21,23)/t15-/m0/s1. The molecule has 2 amide bonds. The van der Waals surface area contributed by atoms with Crippen molar-refractivity contribution in [3.8, 4) is 0 Å². The summed E-state index contributed by atoms with van der Waals surface area (Å²) in [5, 5.41) is 5.19. The zero-order valence-corrected chi connectivity index (χ0v) is 15.5. The van der Waals surface area contributed by atoms with Gasteiger partial charge in [-0.3, -0.25) is 9.59 Å². The summed E-state index contributed by atoms with van der Waals surface area (Å²) >= 11 is 0. The normalized spacial score (nSPS) is 16.6. The first-order chi connectivity index (χ1) is 12.7. The van der Waals surface area contributed by atoms with E-state index in [1.807, 2.05) is 0 Å². The Morgan fingerprint density at radius 1 is 1.22 bits per heavy atom. The highest BCUT2D eigenvalue weighted by Gasteiger charge is 2.31. The predicted molar refractivity (Wildman–Crippen MR) is 98.3 cm³/mol. The fourth-order valence-electron chi connectivity index (χ4n) is 2.85. The van der Waals surface area contributed by atoms with E-state index in [4.69, 9.17) is 0 Å². The number of nitrogens with zero attached hydrogens (tertiary/aromatic N) is 1. The smallest absolute Gasteiger partial charge is 0.242 e. The average molecular weight is 391 g/mol. The average Bonchev–Trinajstić information content (AvgIpc) is 2.60. The Hall–Kier alpha value is -2.78. The topological polar surface area (TPSA) is 95.6 Å². The van der Waals surface area contributed by atoms with Crippen LogP contribution in [0.3, 0.4) is 0 Å². The number of carbonyl (C=O) groups is 2. The van der Waals surface area contributed by atoms with Gasteiger partial charge in [-0.2, -0.15) is 0 Å². The van der Waals surface area contributed by atoms with Crippen LogP contribution in [-0.4, -0.2) is 38.6 Å². The molecular weight excluding hydrogens is 373 g/mol. The maximum Gasteiger partial charge on any atom is 0.242 e. The van der Waals surface area contributed by atoms with E-state index >= 15 is 0 Å². The summed E-state index contributed by atoms with van der Waals surface area (Å²) in [4.78, 5) is 24.6.